The third-order valence-electron chi connectivity index (χ3n) is 10.3. The zero-order chi connectivity index (χ0) is 38.1. The van der Waals surface area contributed by atoms with Crippen LogP contribution in [0.5, 0.6) is 0 Å². The van der Waals surface area contributed by atoms with Gasteiger partial charge in [-0.05, 0) is 43.4 Å². The number of nitrogens with zero attached hydrogens (tertiary/aromatic N) is 2. The number of amides is 3. The molecule has 1 spiro atoms. The minimum absolute atomic E-state index is 0.0481. The van der Waals surface area contributed by atoms with E-state index in [0.29, 0.717) is 42.0 Å². The topological polar surface area (TPSA) is 135 Å². The standard InChI is InChI=1S/C40H49BrClN3O8/c1-4-6-20-31(47)43-29(25-51-3)34(26-16-10-9-11-17-26)52-39(50)32-33-37(48)45(22-14-7-8-15-23-46)36(40(33)24-27(41)35(32)53-40)38(49)44(21-5-2)30-19-13-12-18-28(30)42/h4-5,9-13,16-19,27,29,32-36,46H,1-2,6-8,14-15,20-25H2,3H3,(H,43,47)/t27?,29-,32-,33+,34-,35-,36-,40+/m1/s1. The Morgan fingerprint density at radius 1 is 1.11 bits per heavy atom. The Morgan fingerprint density at radius 2 is 1.83 bits per heavy atom. The van der Waals surface area contributed by atoms with Gasteiger partial charge in [0.15, 0.2) is 0 Å². The summed E-state index contributed by atoms with van der Waals surface area (Å²) in [5.41, 5.74) is -0.232. The van der Waals surface area contributed by atoms with Gasteiger partial charge in [0.1, 0.15) is 17.7 Å². The van der Waals surface area contributed by atoms with Crippen LogP contribution in [-0.2, 0) is 33.4 Å². The predicted octanol–water partition coefficient (Wildman–Crippen LogP) is 5.54. The van der Waals surface area contributed by atoms with Gasteiger partial charge in [0.25, 0.3) is 5.91 Å². The second kappa shape index (κ2) is 18.7. The number of hydrogen-bond acceptors (Lipinski definition) is 8. The highest BCUT2D eigenvalue weighted by Crippen LogP contribution is 2.60. The molecule has 3 aliphatic heterocycles. The molecule has 5 rings (SSSR count). The van der Waals surface area contributed by atoms with Crippen molar-refractivity contribution in [2.45, 2.75) is 79.7 Å². The van der Waals surface area contributed by atoms with Crippen molar-refractivity contribution in [2.75, 3.05) is 38.3 Å². The molecule has 286 valence electrons. The molecule has 0 saturated carbocycles. The van der Waals surface area contributed by atoms with Crippen molar-refractivity contribution in [3.8, 4) is 0 Å². The lowest BCUT2D eigenvalue weighted by Gasteiger charge is -2.37. The Kier molecular flexibility index (Phi) is 14.3. The molecule has 8 atom stereocenters. The van der Waals surface area contributed by atoms with E-state index in [-0.39, 0.29) is 55.3 Å². The van der Waals surface area contributed by atoms with E-state index in [0.717, 1.165) is 12.8 Å². The van der Waals surface area contributed by atoms with E-state index < -0.39 is 47.7 Å². The first-order chi connectivity index (χ1) is 25.6. The minimum Gasteiger partial charge on any atom is -0.455 e. The lowest BCUT2D eigenvalue weighted by molar-refractivity contribution is -0.163. The molecule has 2 N–H and O–H groups in total. The van der Waals surface area contributed by atoms with Crippen LogP contribution < -0.4 is 10.2 Å². The van der Waals surface area contributed by atoms with Crippen molar-refractivity contribution in [3.05, 3.63) is 90.5 Å². The Morgan fingerprint density at radius 3 is 2.51 bits per heavy atom. The molecule has 53 heavy (non-hydrogen) atoms. The number of fused-ring (bicyclic) bond motifs is 1. The second-order valence-corrected chi connectivity index (χ2v) is 15.3. The Hall–Kier alpha value is -3.55. The van der Waals surface area contributed by atoms with Gasteiger partial charge in [-0.1, -0.05) is 95.0 Å². The Labute approximate surface area is 324 Å². The third-order valence-corrected chi connectivity index (χ3v) is 11.5. The first-order valence-corrected chi connectivity index (χ1v) is 19.5. The van der Waals surface area contributed by atoms with Crippen LogP contribution in [-0.4, -0.2) is 95.7 Å². The predicted molar refractivity (Wildman–Crippen MR) is 205 cm³/mol. The molecule has 0 radical (unpaired) electrons. The molecule has 2 bridgehead atoms. The number of nitrogens with one attached hydrogen (secondary N) is 1. The molecule has 3 aliphatic rings. The maximum Gasteiger partial charge on any atom is 0.313 e. The van der Waals surface area contributed by atoms with Gasteiger partial charge >= 0.3 is 5.97 Å². The average molecular weight is 815 g/mol. The van der Waals surface area contributed by atoms with Crippen molar-refractivity contribution in [3.63, 3.8) is 0 Å². The van der Waals surface area contributed by atoms with Gasteiger partial charge in [0, 0.05) is 38.1 Å². The molecular formula is C40H49BrClN3O8. The van der Waals surface area contributed by atoms with Crippen molar-refractivity contribution >= 4 is 56.9 Å². The number of unbranched alkanes of at least 4 members (excludes halogenated alkanes) is 3. The Balaban J connectivity index is 1.52. The fraction of sp³-hybridized carbons (Fsp3) is 0.500. The monoisotopic (exact) mass is 813 g/mol. The minimum atomic E-state index is -1.34. The number of methoxy groups -OCH3 is 1. The van der Waals surface area contributed by atoms with Gasteiger partial charge in [0.2, 0.25) is 11.8 Å². The summed E-state index contributed by atoms with van der Waals surface area (Å²) < 4.78 is 18.6. The third kappa shape index (κ3) is 8.57. The number of anilines is 1. The lowest BCUT2D eigenvalue weighted by Crippen LogP contribution is -2.57. The number of carbonyl (C=O) groups is 4. The number of ether oxygens (including phenoxy) is 3. The average Bonchev–Trinajstić information content (AvgIpc) is 3.75. The molecule has 1 unspecified atom stereocenters. The summed E-state index contributed by atoms with van der Waals surface area (Å²) in [5.74, 6) is -3.71. The quantitative estimate of drug-likeness (QED) is 0.0771. The van der Waals surface area contributed by atoms with Crippen LogP contribution in [0.1, 0.15) is 56.6 Å². The first kappa shape index (κ1) is 40.6. The number of benzene rings is 2. The van der Waals surface area contributed by atoms with E-state index in [1.165, 1.54) is 12.0 Å². The van der Waals surface area contributed by atoms with Crippen LogP contribution in [0.3, 0.4) is 0 Å². The van der Waals surface area contributed by atoms with E-state index in [1.54, 1.807) is 53.5 Å². The molecule has 0 aliphatic carbocycles. The number of hydrogen-bond donors (Lipinski definition) is 2. The summed E-state index contributed by atoms with van der Waals surface area (Å²) in [6.45, 7) is 8.07. The summed E-state index contributed by atoms with van der Waals surface area (Å²) in [7, 11) is 1.50. The van der Waals surface area contributed by atoms with Gasteiger partial charge in [-0.3, -0.25) is 19.2 Å². The lowest BCUT2D eigenvalue weighted by atomic mass is 9.70. The van der Waals surface area contributed by atoms with Crippen molar-refractivity contribution < 1.29 is 38.5 Å². The number of carbonyl (C=O) groups excluding carboxylic acids is 4. The van der Waals surface area contributed by atoms with E-state index in [2.05, 4.69) is 34.4 Å². The van der Waals surface area contributed by atoms with Crippen LogP contribution >= 0.6 is 27.5 Å². The summed E-state index contributed by atoms with van der Waals surface area (Å²) in [5, 5.41) is 12.6. The molecule has 3 saturated heterocycles. The largest absolute Gasteiger partial charge is 0.455 e. The normalized spacial score (nSPS) is 25.4. The van der Waals surface area contributed by atoms with Crippen LogP contribution in [0, 0.1) is 11.8 Å². The Bertz CT molecular complexity index is 1630. The first-order valence-electron chi connectivity index (χ1n) is 18.2. The van der Waals surface area contributed by atoms with Gasteiger partial charge < -0.3 is 34.4 Å². The van der Waals surface area contributed by atoms with Crippen molar-refractivity contribution in [1.82, 2.24) is 10.2 Å². The number of esters is 1. The fourth-order valence-electron chi connectivity index (χ4n) is 8.05. The molecule has 3 amide bonds. The molecule has 2 aromatic carbocycles. The molecule has 13 heteroatoms. The highest BCUT2D eigenvalue weighted by Gasteiger charge is 2.77. The number of rotatable bonds is 20. The maximum absolute atomic E-state index is 14.9. The number of aliphatic hydroxyl groups is 1. The second-order valence-electron chi connectivity index (χ2n) is 13.7. The molecule has 0 aromatic heterocycles. The van der Waals surface area contributed by atoms with Crippen LogP contribution in [0.4, 0.5) is 5.69 Å². The number of alkyl halides is 1. The van der Waals surface area contributed by atoms with Crippen molar-refractivity contribution in [2.24, 2.45) is 11.8 Å². The summed E-state index contributed by atoms with van der Waals surface area (Å²) in [6.07, 6.45) is 5.24. The number of likely N-dealkylation sites (tertiary alicyclic amines) is 1. The SMILES string of the molecule is C=CCCC(=O)N[C@H](COC)[C@H](OC(=O)[C@H]1[C@@H]2O[C@@]3(CC2Br)[C@@H]1C(=O)N(CCCCCCO)[C@@H]3C(=O)N(CC=C)c1ccccc1Cl)c1ccccc1. The van der Waals surface area contributed by atoms with Gasteiger partial charge in [0.05, 0.1) is 41.3 Å². The highest BCUT2D eigenvalue weighted by molar-refractivity contribution is 9.09. The molecule has 11 nitrogen and oxygen atoms in total. The smallest absolute Gasteiger partial charge is 0.313 e. The summed E-state index contributed by atoms with van der Waals surface area (Å²) in [6, 6.07) is 14.3. The highest BCUT2D eigenvalue weighted by atomic mass is 79.9. The van der Waals surface area contributed by atoms with Gasteiger partial charge in [-0.15, -0.1) is 13.2 Å². The van der Waals surface area contributed by atoms with Gasteiger partial charge in [-0.2, -0.15) is 0 Å². The fourth-order valence-corrected chi connectivity index (χ4v) is 9.23. The van der Waals surface area contributed by atoms with E-state index in [4.69, 9.17) is 25.8 Å². The number of aliphatic hydroxyl groups excluding tert-OH is 1. The van der Waals surface area contributed by atoms with Crippen molar-refractivity contribution in [1.29, 1.82) is 0 Å². The number of allylic oxidation sites excluding steroid dienone is 1. The maximum atomic E-state index is 14.9. The van der Waals surface area contributed by atoms with E-state index in [1.807, 2.05) is 18.2 Å². The summed E-state index contributed by atoms with van der Waals surface area (Å²) in [4.78, 5) is 59.9. The van der Waals surface area contributed by atoms with Crippen LogP contribution in [0.25, 0.3) is 0 Å². The number of para-hydroxylation sites is 1. The molecular weight excluding hydrogens is 766 g/mol. The zero-order valence-corrected chi connectivity index (χ0v) is 32.4. The van der Waals surface area contributed by atoms with E-state index in [9.17, 15) is 24.3 Å². The molecule has 3 fully saturated rings. The van der Waals surface area contributed by atoms with E-state index >= 15 is 0 Å². The van der Waals surface area contributed by atoms with Crippen LogP contribution in [0.2, 0.25) is 5.02 Å². The zero-order valence-electron chi connectivity index (χ0n) is 30.0. The van der Waals surface area contributed by atoms with Crippen LogP contribution in [0.15, 0.2) is 79.9 Å². The van der Waals surface area contributed by atoms with Gasteiger partial charge in [-0.25, -0.2) is 0 Å². The number of halogens is 2. The molecule has 2 aromatic rings. The molecule has 3 heterocycles. The summed E-state index contributed by atoms with van der Waals surface area (Å²) >= 11 is 10.4.